The van der Waals surface area contributed by atoms with Crippen molar-refractivity contribution in [1.29, 1.82) is 0 Å². The first-order valence-corrected chi connectivity index (χ1v) is 13.3. The maximum absolute atomic E-state index is 12.6. The third-order valence-electron chi connectivity index (χ3n) is 5.69. The van der Waals surface area contributed by atoms with Crippen molar-refractivity contribution in [3.05, 3.63) is 120 Å². The SMILES string of the molecule is O=C(NC(Cc1cccc(NS(=O)(=O)c2ccccc2)c1)C(=O)O)OCc1ccc(-c2ccccc2)cc1. The van der Waals surface area contributed by atoms with Gasteiger partial charge >= 0.3 is 12.1 Å². The molecule has 4 aromatic carbocycles. The van der Waals surface area contributed by atoms with Gasteiger partial charge in [-0.2, -0.15) is 0 Å². The molecule has 0 saturated heterocycles. The van der Waals surface area contributed by atoms with E-state index in [1.165, 1.54) is 18.2 Å². The first kappa shape index (κ1) is 26.4. The molecule has 0 heterocycles. The van der Waals surface area contributed by atoms with E-state index in [-0.39, 0.29) is 23.6 Å². The zero-order valence-electron chi connectivity index (χ0n) is 20.3. The fourth-order valence-corrected chi connectivity index (χ4v) is 4.84. The fourth-order valence-electron chi connectivity index (χ4n) is 3.77. The van der Waals surface area contributed by atoms with Crippen molar-refractivity contribution in [2.24, 2.45) is 0 Å². The predicted molar refractivity (Wildman–Crippen MR) is 144 cm³/mol. The molecule has 0 saturated carbocycles. The summed E-state index contributed by atoms with van der Waals surface area (Å²) in [5.41, 5.74) is 3.64. The summed E-state index contributed by atoms with van der Waals surface area (Å²) < 4.78 is 32.9. The van der Waals surface area contributed by atoms with Gasteiger partial charge in [0.1, 0.15) is 12.6 Å². The van der Waals surface area contributed by atoms with Crippen molar-refractivity contribution in [1.82, 2.24) is 5.32 Å². The van der Waals surface area contributed by atoms with Crippen LogP contribution in [0.1, 0.15) is 11.1 Å². The van der Waals surface area contributed by atoms with Gasteiger partial charge in [-0.15, -0.1) is 0 Å². The Morgan fingerprint density at radius 3 is 2.05 bits per heavy atom. The molecular formula is C29H26N2O6S. The smallest absolute Gasteiger partial charge is 0.408 e. The minimum absolute atomic E-state index is 0.0238. The minimum Gasteiger partial charge on any atom is -0.480 e. The Labute approximate surface area is 221 Å². The molecule has 194 valence electrons. The zero-order valence-corrected chi connectivity index (χ0v) is 21.1. The Kier molecular flexibility index (Phi) is 8.40. The van der Waals surface area contributed by atoms with Crippen molar-refractivity contribution in [2.75, 3.05) is 4.72 Å². The molecule has 1 unspecified atom stereocenters. The van der Waals surface area contributed by atoms with Crippen LogP contribution in [-0.4, -0.2) is 31.6 Å². The number of rotatable bonds is 10. The largest absolute Gasteiger partial charge is 0.480 e. The summed E-state index contributed by atoms with van der Waals surface area (Å²) >= 11 is 0. The summed E-state index contributed by atoms with van der Waals surface area (Å²) in [6.07, 6.45) is -0.942. The number of aliphatic carboxylic acids is 1. The second kappa shape index (κ2) is 12.1. The number of benzene rings is 4. The molecule has 1 amide bonds. The predicted octanol–water partition coefficient (Wildman–Crippen LogP) is 5.08. The van der Waals surface area contributed by atoms with Gasteiger partial charge in [0.25, 0.3) is 10.0 Å². The topological polar surface area (TPSA) is 122 Å². The van der Waals surface area contributed by atoms with Crippen LogP contribution < -0.4 is 10.0 Å². The van der Waals surface area contributed by atoms with Crippen LogP contribution in [0.25, 0.3) is 11.1 Å². The molecule has 9 heteroatoms. The number of ether oxygens (including phenoxy) is 1. The molecule has 38 heavy (non-hydrogen) atoms. The van der Waals surface area contributed by atoms with Crippen LogP contribution in [-0.2, 0) is 32.6 Å². The molecule has 0 aromatic heterocycles. The van der Waals surface area contributed by atoms with E-state index < -0.39 is 28.1 Å². The lowest BCUT2D eigenvalue weighted by Crippen LogP contribution is -2.42. The normalized spacial score (nSPS) is 11.8. The van der Waals surface area contributed by atoms with Crippen molar-refractivity contribution in [3.8, 4) is 11.1 Å². The van der Waals surface area contributed by atoms with Crippen molar-refractivity contribution in [2.45, 2.75) is 24.0 Å². The van der Waals surface area contributed by atoms with E-state index in [0.29, 0.717) is 5.56 Å². The van der Waals surface area contributed by atoms with Gasteiger partial charge in [0.15, 0.2) is 0 Å². The Morgan fingerprint density at radius 1 is 0.763 bits per heavy atom. The number of nitrogens with one attached hydrogen (secondary N) is 2. The van der Waals surface area contributed by atoms with Crippen molar-refractivity contribution in [3.63, 3.8) is 0 Å². The average molecular weight is 531 g/mol. The number of amides is 1. The highest BCUT2D eigenvalue weighted by molar-refractivity contribution is 7.92. The Morgan fingerprint density at radius 2 is 1.39 bits per heavy atom. The summed E-state index contributed by atoms with van der Waals surface area (Å²) in [6, 6.07) is 30.3. The minimum atomic E-state index is -3.80. The van der Waals surface area contributed by atoms with E-state index in [1.54, 1.807) is 36.4 Å². The molecule has 4 aromatic rings. The first-order valence-electron chi connectivity index (χ1n) is 11.8. The quantitative estimate of drug-likeness (QED) is 0.263. The maximum atomic E-state index is 12.6. The number of carbonyl (C=O) groups excluding carboxylic acids is 1. The second-order valence-corrected chi connectivity index (χ2v) is 10.2. The van der Waals surface area contributed by atoms with E-state index in [4.69, 9.17) is 4.74 Å². The van der Waals surface area contributed by atoms with Crippen molar-refractivity contribution >= 4 is 27.8 Å². The van der Waals surface area contributed by atoms with Gasteiger partial charge in [0, 0.05) is 12.1 Å². The zero-order chi connectivity index (χ0) is 27.0. The van der Waals surface area contributed by atoms with Crippen molar-refractivity contribution < 1.29 is 27.9 Å². The lowest BCUT2D eigenvalue weighted by atomic mass is 10.0. The molecule has 8 nitrogen and oxygen atoms in total. The standard InChI is InChI=1S/C29H26N2O6S/c32-28(33)27(19-22-8-7-11-25(18-22)31-38(35,36)26-12-5-2-6-13-26)30-29(34)37-20-21-14-16-24(17-15-21)23-9-3-1-4-10-23/h1-18,27,31H,19-20H2,(H,30,34)(H,32,33). The van der Waals surface area contributed by atoms with Gasteiger partial charge in [-0.3, -0.25) is 4.72 Å². The van der Waals surface area contributed by atoms with Crippen LogP contribution in [0.5, 0.6) is 0 Å². The lowest BCUT2D eigenvalue weighted by molar-refractivity contribution is -0.139. The fraction of sp³-hybridized carbons (Fsp3) is 0.103. The molecule has 0 bridgehead atoms. The lowest BCUT2D eigenvalue weighted by Gasteiger charge is -2.16. The summed E-state index contributed by atoms with van der Waals surface area (Å²) in [6.45, 7) is -0.0238. The summed E-state index contributed by atoms with van der Waals surface area (Å²) in [5.74, 6) is -1.25. The molecule has 0 spiro atoms. The van der Waals surface area contributed by atoms with Gasteiger partial charge in [-0.1, -0.05) is 84.9 Å². The second-order valence-electron chi connectivity index (χ2n) is 8.50. The van der Waals surface area contributed by atoms with Crippen LogP contribution in [0.15, 0.2) is 114 Å². The molecule has 4 rings (SSSR count). The number of alkyl carbamates (subject to hydrolysis) is 1. The third kappa shape index (κ3) is 7.21. The number of hydrogen-bond acceptors (Lipinski definition) is 5. The highest BCUT2D eigenvalue weighted by atomic mass is 32.2. The molecule has 1 atom stereocenters. The van der Waals surface area contributed by atoms with Gasteiger partial charge in [0.2, 0.25) is 0 Å². The van der Waals surface area contributed by atoms with Crippen LogP contribution >= 0.6 is 0 Å². The van der Waals surface area contributed by atoms with Gasteiger partial charge in [-0.05, 0) is 46.5 Å². The molecule has 3 N–H and O–H groups in total. The van der Waals surface area contributed by atoms with E-state index in [1.807, 2.05) is 54.6 Å². The molecule has 0 aliphatic carbocycles. The molecular weight excluding hydrogens is 504 g/mol. The summed E-state index contributed by atoms with van der Waals surface area (Å²) in [4.78, 5) is 24.2. The Balaban J connectivity index is 1.34. The first-order chi connectivity index (χ1) is 18.3. The van der Waals surface area contributed by atoms with E-state index >= 15 is 0 Å². The van der Waals surface area contributed by atoms with E-state index in [9.17, 15) is 23.1 Å². The van der Waals surface area contributed by atoms with Gasteiger partial charge in [0.05, 0.1) is 4.90 Å². The van der Waals surface area contributed by atoms with Crippen LogP contribution in [0, 0.1) is 0 Å². The summed E-state index contributed by atoms with van der Waals surface area (Å²) in [7, 11) is -3.80. The summed E-state index contributed by atoms with van der Waals surface area (Å²) in [5, 5.41) is 12.0. The van der Waals surface area contributed by atoms with E-state index in [2.05, 4.69) is 10.0 Å². The van der Waals surface area contributed by atoms with Crippen LogP contribution in [0.4, 0.5) is 10.5 Å². The van der Waals surface area contributed by atoms with Gasteiger partial charge in [-0.25, -0.2) is 18.0 Å². The van der Waals surface area contributed by atoms with Gasteiger partial charge < -0.3 is 15.2 Å². The number of sulfonamides is 1. The molecule has 0 aliphatic heterocycles. The molecule has 0 aliphatic rings. The monoisotopic (exact) mass is 530 g/mol. The van der Waals surface area contributed by atoms with Crippen LogP contribution in [0.3, 0.4) is 0 Å². The number of anilines is 1. The highest BCUT2D eigenvalue weighted by Crippen LogP contribution is 2.20. The third-order valence-corrected chi connectivity index (χ3v) is 7.09. The number of hydrogen-bond donors (Lipinski definition) is 3. The molecule has 0 fully saturated rings. The number of carboxylic acid groups (broad SMARTS) is 1. The van der Waals surface area contributed by atoms with E-state index in [0.717, 1.165) is 16.7 Å². The Hall–Kier alpha value is -4.63. The molecule has 0 radical (unpaired) electrons. The number of carbonyl (C=O) groups is 2. The van der Waals surface area contributed by atoms with Crippen LogP contribution in [0.2, 0.25) is 0 Å². The highest BCUT2D eigenvalue weighted by Gasteiger charge is 2.22. The maximum Gasteiger partial charge on any atom is 0.408 e. The Bertz CT molecular complexity index is 1490. The number of carboxylic acids is 1. The average Bonchev–Trinajstić information content (AvgIpc) is 2.93.